The lowest BCUT2D eigenvalue weighted by Gasteiger charge is -2.28. The number of nitrogens with zero attached hydrogens (tertiary/aromatic N) is 1. The van der Waals surface area contributed by atoms with Gasteiger partial charge < -0.3 is 15.2 Å². The molecule has 0 saturated carbocycles. The normalized spacial score (nSPS) is 15.5. The van der Waals surface area contributed by atoms with Crippen LogP contribution in [0, 0.1) is 0 Å². The molecule has 0 spiro atoms. The number of hydrogen-bond donors (Lipinski definition) is 1. The number of ether oxygens (including phenoxy) is 2. The average Bonchev–Trinajstić information content (AvgIpc) is 2.37. The molecule has 0 aromatic heterocycles. The first kappa shape index (κ1) is 14.4. The van der Waals surface area contributed by atoms with Gasteiger partial charge in [0.2, 0.25) is 15.9 Å². The quantitative estimate of drug-likeness (QED) is 0.850. The fourth-order valence-electron chi connectivity index (χ4n) is 1.99. The second kappa shape index (κ2) is 5.20. The van der Waals surface area contributed by atoms with E-state index < -0.39 is 22.0 Å². The lowest BCUT2D eigenvalue weighted by molar-refractivity contribution is -0.118. The third-order valence-corrected chi connectivity index (χ3v) is 4.14. The van der Waals surface area contributed by atoms with Crippen molar-refractivity contribution >= 4 is 21.6 Å². The highest BCUT2D eigenvalue weighted by atomic mass is 32.2. The lowest BCUT2D eigenvalue weighted by Crippen LogP contribution is -2.45. The van der Waals surface area contributed by atoms with E-state index in [1.807, 2.05) is 0 Å². The zero-order valence-corrected chi connectivity index (χ0v) is 12.0. The van der Waals surface area contributed by atoms with Crippen LogP contribution in [-0.4, -0.2) is 39.8 Å². The summed E-state index contributed by atoms with van der Waals surface area (Å²) in [6.07, 6.45) is 1.02. The van der Waals surface area contributed by atoms with Crippen LogP contribution >= 0.6 is 0 Å². The minimum Gasteiger partial charge on any atom is -0.486 e. The number of sulfonamides is 1. The molecule has 1 aromatic carbocycles. The summed E-state index contributed by atoms with van der Waals surface area (Å²) in [7, 11) is -3.65. The van der Waals surface area contributed by atoms with E-state index in [2.05, 4.69) is 0 Å². The van der Waals surface area contributed by atoms with Crippen molar-refractivity contribution in [2.45, 2.75) is 13.0 Å². The monoisotopic (exact) mass is 300 g/mol. The van der Waals surface area contributed by atoms with E-state index in [1.54, 1.807) is 12.1 Å². The van der Waals surface area contributed by atoms with Crippen LogP contribution in [0.3, 0.4) is 0 Å². The van der Waals surface area contributed by atoms with Gasteiger partial charge in [0.15, 0.2) is 11.5 Å². The maximum atomic E-state index is 11.9. The van der Waals surface area contributed by atoms with Crippen LogP contribution in [0.25, 0.3) is 0 Å². The molecule has 0 radical (unpaired) electrons. The molecule has 0 aliphatic carbocycles. The Balaban J connectivity index is 2.47. The molecule has 1 unspecified atom stereocenters. The van der Waals surface area contributed by atoms with E-state index in [1.165, 1.54) is 13.0 Å². The van der Waals surface area contributed by atoms with E-state index in [4.69, 9.17) is 15.2 Å². The Hall–Kier alpha value is -1.96. The van der Waals surface area contributed by atoms with Crippen LogP contribution in [0.5, 0.6) is 11.5 Å². The van der Waals surface area contributed by atoms with Crippen LogP contribution < -0.4 is 19.5 Å². The van der Waals surface area contributed by atoms with E-state index in [0.29, 0.717) is 30.4 Å². The van der Waals surface area contributed by atoms with Gasteiger partial charge in [-0.1, -0.05) is 0 Å². The van der Waals surface area contributed by atoms with Gasteiger partial charge in [-0.3, -0.25) is 9.10 Å². The maximum absolute atomic E-state index is 11.9. The van der Waals surface area contributed by atoms with Crippen molar-refractivity contribution in [2.24, 2.45) is 5.73 Å². The summed E-state index contributed by atoms with van der Waals surface area (Å²) in [6, 6.07) is 3.69. The van der Waals surface area contributed by atoms with Crippen molar-refractivity contribution in [3.8, 4) is 11.5 Å². The van der Waals surface area contributed by atoms with Crippen molar-refractivity contribution in [1.29, 1.82) is 0 Å². The fraction of sp³-hybridized carbons (Fsp3) is 0.417. The fourth-order valence-corrected chi connectivity index (χ4v) is 3.16. The largest absolute Gasteiger partial charge is 0.486 e. The Labute approximate surface area is 117 Å². The van der Waals surface area contributed by atoms with Gasteiger partial charge >= 0.3 is 0 Å². The highest BCUT2D eigenvalue weighted by Crippen LogP contribution is 2.35. The molecule has 1 aliphatic rings. The SMILES string of the molecule is CC(C(N)=O)N(c1ccc2c(c1)OCCO2)S(C)(=O)=O. The van der Waals surface area contributed by atoms with Crippen LogP contribution in [0.2, 0.25) is 0 Å². The average molecular weight is 300 g/mol. The van der Waals surface area contributed by atoms with Gasteiger partial charge in [0.05, 0.1) is 11.9 Å². The van der Waals surface area contributed by atoms with Crippen LogP contribution in [0.15, 0.2) is 18.2 Å². The van der Waals surface area contributed by atoms with Crippen molar-refractivity contribution in [2.75, 3.05) is 23.8 Å². The van der Waals surface area contributed by atoms with Crippen LogP contribution in [-0.2, 0) is 14.8 Å². The number of carbonyl (C=O) groups excluding carboxylic acids is 1. The molecule has 2 N–H and O–H groups in total. The van der Waals surface area contributed by atoms with Gasteiger partial charge in [0.1, 0.15) is 19.3 Å². The summed E-state index contributed by atoms with van der Waals surface area (Å²) in [5, 5.41) is 0. The summed E-state index contributed by atoms with van der Waals surface area (Å²) >= 11 is 0. The third kappa shape index (κ3) is 2.79. The number of rotatable bonds is 4. The zero-order chi connectivity index (χ0) is 14.9. The Bertz CT molecular complexity index is 629. The summed E-state index contributed by atoms with van der Waals surface area (Å²) in [4.78, 5) is 11.3. The summed E-state index contributed by atoms with van der Waals surface area (Å²) in [5.74, 6) is 0.254. The number of primary amides is 1. The minimum atomic E-state index is -3.65. The molecule has 1 amide bonds. The molecule has 7 nitrogen and oxygen atoms in total. The van der Waals surface area contributed by atoms with Crippen LogP contribution in [0.4, 0.5) is 5.69 Å². The number of hydrogen-bond acceptors (Lipinski definition) is 5. The molecule has 1 atom stereocenters. The van der Waals surface area contributed by atoms with Gasteiger partial charge in [-0.05, 0) is 19.1 Å². The van der Waals surface area contributed by atoms with E-state index in [0.717, 1.165) is 10.6 Å². The molecule has 0 saturated heterocycles. The predicted molar refractivity (Wildman–Crippen MR) is 73.4 cm³/mol. The highest BCUT2D eigenvalue weighted by molar-refractivity contribution is 7.92. The minimum absolute atomic E-state index is 0.308. The summed E-state index contributed by atoms with van der Waals surface area (Å²) in [5.41, 5.74) is 5.52. The van der Waals surface area contributed by atoms with Gasteiger partial charge in [0.25, 0.3) is 0 Å². The molecule has 1 aliphatic heterocycles. The number of amides is 1. The molecule has 8 heteroatoms. The van der Waals surface area contributed by atoms with E-state index in [9.17, 15) is 13.2 Å². The number of fused-ring (bicyclic) bond motifs is 1. The second-order valence-corrected chi connectivity index (χ2v) is 6.32. The number of benzene rings is 1. The van der Waals surface area contributed by atoms with Gasteiger partial charge in [0, 0.05) is 6.07 Å². The molecule has 1 aromatic rings. The van der Waals surface area contributed by atoms with E-state index in [-0.39, 0.29) is 0 Å². The molecule has 0 bridgehead atoms. The molecular weight excluding hydrogens is 284 g/mol. The van der Waals surface area contributed by atoms with Gasteiger partial charge in [-0.25, -0.2) is 8.42 Å². The second-order valence-electron chi connectivity index (χ2n) is 4.47. The number of carbonyl (C=O) groups is 1. The summed E-state index contributed by atoms with van der Waals surface area (Å²) in [6.45, 7) is 2.26. The smallest absolute Gasteiger partial charge is 0.241 e. The van der Waals surface area contributed by atoms with Crippen molar-refractivity contribution in [1.82, 2.24) is 0 Å². The number of anilines is 1. The molecule has 2 rings (SSSR count). The van der Waals surface area contributed by atoms with E-state index >= 15 is 0 Å². The first-order chi connectivity index (χ1) is 9.30. The topological polar surface area (TPSA) is 98.9 Å². The molecule has 1 heterocycles. The first-order valence-electron chi connectivity index (χ1n) is 5.99. The molecular formula is C12H16N2O5S. The molecule has 110 valence electrons. The van der Waals surface area contributed by atoms with Gasteiger partial charge in [-0.15, -0.1) is 0 Å². The van der Waals surface area contributed by atoms with Crippen molar-refractivity contribution in [3.05, 3.63) is 18.2 Å². The van der Waals surface area contributed by atoms with Crippen molar-refractivity contribution in [3.63, 3.8) is 0 Å². The summed E-state index contributed by atoms with van der Waals surface area (Å²) < 4.78 is 35.5. The standard InChI is InChI=1S/C12H16N2O5S/c1-8(12(13)15)14(20(2,16)17)9-3-4-10-11(7-9)19-6-5-18-10/h3-4,7-8H,5-6H2,1-2H3,(H2,13,15). The molecule has 20 heavy (non-hydrogen) atoms. The highest BCUT2D eigenvalue weighted by Gasteiger charge is 2.28. The van der Waals surface area contributed by atoms with Gasteiger partial charge in [-0.2, -0.15) is 0 Å². The maximum Gasteiger partial charge on any atom is 0.241 e. The third-order valence-electron chi connectivity index (χ3n) is 2.90. The Morgan fingerprint density at radius 2 is 1.90 bits per heavy atom. The first-order valence-corrected chi connectivity index (χ1v) is 7.84. The lowest BCUT2D eigenvalue weighted by atomic mass is 10.2. The Kier molecular flexibility index (Phi) is 3.76. The van der Waals surface area contributed by atoms with Crippen molar-refractivity contribution < 1.29 is 22.7 Å². The molecule has 0 fully saturated rings. The predicted octanol–water partition coefficient (Wildman–Crippen LogP) is 0.0976. The number of nitrogens with two attached hydrogens (primary N) is 1. The Morgan fingerprint density at radius 1 is 1.30 bits per heavy atom. The van der Waals surface area contributed by atoms with Crippen LogP contribution in [0.1, 0.15) is 6.92 Å². The Morgan fingerprint density at radius 3 is 2.45 bits per heavy atom. The zero-order valence-electron chi connectivity index (χ0n) is 11.2.